The molecule has 2 aromatic rings. The van der Waals surface area contributed by atoms with Crippen LogP contribution in [0.15, 0.2) is 34.4 Å². The molecule has 21 heavy (non-hydrogen) atoms. The fourth-order valence-corrected chi connectivity index (χ4v) is 3.18. The molecular formula is C15H17N3O2S. The van der Waals surface area contributed by atoms with Crippen LogP contribution in [0.5, 0.6) is 0 Å². The van der Waals surface area contributed by atoms with E-state index in [0.29, 0.717) is 0 Å². The Labute approximate surface area is 126 Å². The van der Waals surface area contributed by atoms with Crippen molar-refractivity contribution in [2.45, 2.75) is 25.8 Å². The highest BCUT2D eigenvalue weighted by Crippen LogP contribution is 2.21. The topological polar surface area (TPSA) is 55.2 Å². The molecule has 110 valence electrons. The van der Waals surface area contributed by atoms with E-state index < -0.39 is 0 Å². The van der Waals surface area contributed by atoms with Gasteiger partial charge in [0, 0.05) is 19.2 Å². The Morgan fingerprint density at radius 1 is 1.19 bits per heavy atom. The van der Waals surface area contributed by atoms with Crippen molar-refractivity contribution in [1.29, 1.82) is 0 Å². The summed E-state index contributed by atoms with van der Waals surface area (Å²) in [4.78, 5) is 27.0. The van der Waals surface area contributed by atoms with E-state index in [0.717, 1.165) is 36.5 Å². The van der Waals surface area contributed by atoms with Gasteiger partial charge in [0.05, 0.1) is 4.88 Å². The fraction of sp³-hybridized carbons (Fsp3) is 0.400. The lowest BCUT2D eigenvalue weighted by molar-refractivity contribution is -0.133. The zero-order chi connectivity index (χ0) is 14.7. The maximum absolute atomic E-state index is 12.2. The molecule has 0 atom stereocenters. The minimum Gasteiger partial charge on any atom is -0.341 e. The number of carbonyl (C=O) groups is 1. The van der Waals surface area contributed by atoms with Gasteiger partial charge in [0.25, 0.3) is 5.56 Å². The van der Waals surface area contributed by atoms with Crippen LogP contribution >= 0.6 is 11.3 Å². The molecule has 1 aliphatic heterocycles. The molecule has 0 bridgehead atoms. The Bertz CT molecular complexity index is 672. The zero-order valence-electron chi connectivity index (χ0n) is 11.7. The lowest BCUT2D eigenvalue weighted by Gasteiger charge is -2.26. The van der Waals surface area contributed by atoms with Crippen LogP contribution in [0, 0.1) is 0 Å². The number of aromatic nitrogens is 2. The van der Waals surface area contributed by atoms with Crippen LogP contribution in [0.4, 0.5) is 0 Å². The summed E-state index contributed by atoms with van der Waals surface area (Å²) >= 11 is 1.56. The Kier molecular flexibility index (Phi) is 4.15. The van der Waals surface area contributed by atoms with Crippen molar-refractivity contribution in [3.05, 3.63) is 40.0 Å². The maximum Gasteiger partial charge on any atom is 0.267 e. The van der Waals surface area contributed by atoms with Crippen LogP contribution in [0.2, 0.25) is 0 Å². The molecule has 0 aliphatic carbocycles. The molecule has 6 heteroatoms. The number of hydrogen-bond acceptors (Lipinski definition) is 4. The van der Waals surface area contributed by atoms with E-state index in [4.69, 9.17) is 0 Å². The van der Waals surface area contributed by atoms with Gasteiger partial charge in [-0.3, -0.25) is 9.59 Å². The zero-order valence-corrected chi connectivity index (χ0v) is 12.5. The summed E-state index contributed by atoms with van der Waals surface area (Å²) in [6.45, 7) is 1.61. The quantitative estimate of drug-likeness (QED) is 0.871. The Hall–Kier alpha value is -1.95. The average Bonchev–Trinajstić information content (AvgIpc) is 3.04. The van der Waals surface area contributed by atoms with Gasteiger partial charge in [-0.2, -0.15) is 5.10 Å². The van der Waals surface area contributed by atoms with E-state index in [9.17, 15) is 9.59 Å². The van der Waals surface area contributed by atoms with Crippen LogP contribution in [-0.2, 0) is 11.3 Å². The third-order valence-electron chi connectivity index (χ3n) is 3.63. The van der Waals surface area contributed by atoms with Gasteiger partial charge in [-0.05, 0) is 36.8 Å². The summed E-state index contributed by atoms with van der Waals surface area (Å²) in [5.41, 5.74) is 0.497. The van der Waals surface area contributed by atoms with E-state index in [1.54, 1.807) is 17.4 Å². The predicted octanol–water partition coefficient (Wildman–Crippen LogP) is 1.98. The molecule has 1 amide bonds. The number of piperidine rings is 1. The molecule has 3 rings (SSSR count). The highest BCUT2D eigenvalue weighted by molar-refractivity contribution is 7.13. The van der Waals surface area contributed by atoms with E-state index in [-0.39, 0.29) is 18.0 Å². The number of amides is 1. The highest BCUT2D eigenvalue weighted by atomic mass is 32.1. The molecule has 1 fully saturated rings. The second kappa shape index (κ2) is 6.22. The van der Waals surface area contributed by atoms with Gasteiger partial charge in [-0.15, -0.1) is 11.3 Å². The molecule has 1 saturated heterocycles. The summed E-state index contributed by atoms with van der Waals surface area (Å²) in [6.07, 6.45) is 3.27. The molecule has 0 unspecified atom stereocenters. The Balaban J connectivity index is 1.79. The molecule has 0 saturated carbocycles. The molecule has 0 N–H and O–H groups in total. The number of thiophene rings is 1. The first-order valence-electron chi connectivity index (χ1n) is 7.14. The predicted molar refractivity (Wildman–Crippen MR) is 82.2 cm³/mol. The van der Waals surface area contributed by atoms with Crippen molar-refractivity contribution < 1.29 is 4.79 Å². The normalized spacial score (nSPS) is 15.1. The van der Waals surface area contributed by atoms with Crippen LogP contribution < -0.4 is 5.56 Å². The number of hydrogen-bond donors (Lipinski definition) is 0. The first-order chi connectivity index (χ1) is 10.2. The first-order valence-corrected chi connectivity index (χ1v) is 8.02. The average molecular weight is 303 g/mol. The molecule has 0 radical (unpaired) electrons. The van der Waals surface area contributed by atoms with Crippen molar-refractivity contribution >= 4 is 17.2 Å². The SMILES string of the molecule is O=C(Cn1nc(-c2cccs2)ccc1=O)N1CCCCC1. The maximum atomic E-state index is 12.2. The van der Waals surface area contributed by atoms with Gasteiger partial charge in [0.1, 0.15) is 12.2 Å². The lowest BCUT2D eigenvalue weighted by atomic mass is 10.1. The first kappa shape index (κ1) is 14.0. The van der Waals surface area contributed by atoms with E-state index in [1.807, 2.05) is 22.4 Å². The fourth-order valence-electron chi connectivity index (χ4n) is 2.49. The number of nitrogens with zero attached hydrogens (tertiary/aromatic N) is 3. The number of carbonyl (C=O) groups excluding carboxylic acids is 1. The number of likely N-dealkylation sites (tertiary alicyclic amines) is 1. The van der Waals surface area contributed by atoms with E-state index >= 15 is 0 Å². The molecule has 5 nitrogen and oxygen atoms in total. The molecule has 3 heterocycles. The van der Waals surface area contributed by atoms with Gasteiger partial charge in [0.2, 0.25) is 5.91 Å². The second-order valence-electron chi connectivity index (χ2n) is 5.13. The molecule has 2 aromatic heterocycles. The summed E-state index contributed by atoms with van der Waals surface area (Å²) in [6, 6.07) is 7.08. The van der Waals surface area contributed by atoms with Crippen molar-refractivity contribution in [2.75, 3.05) is 13.1 Å². The Morgan fingerprint density at radius 3 is 2.71 bits per heavy atom. The minimum atomic E-state index is -0.235. The van der Waals surface area contributed by atoms with Gasteiger partial charge in [-0.25, -0.2) is 4.68 Å². The van der Waals surface area contributed by atoms with E-state index in [1.165, 1.54) is 17.2 Å². The third kappa shape index (κ3) is 3.21. The molecule has 0 spiro atoms. The van der Waals surface area contributed by atoms with Crippen LogP contribution in [-0.4, -0.2) is 33.7 Å². The third-order valence-corrected chi connectivity index (χ3v) is 4.53. The van der Waals surface area contributed by atoms with Gasteiger partial charge >= 0.3 is 0 Å². The molecule has 1 aliphatic rings. The standard InChI is InChI=1S/C15H17N3O2S/c19-14-7-6-12(13-5-4-10-21-13)16-18(14)11-15(20)17-8-2-1-3-9-17/h4-7,10H,1-3,8-9,11H2. The van der Waals surface area contributed by atoms with Crippen LogP contribution in [0.3, 0.4) is 0 Å². The van der Waals surface area contributed by atoms with Gasteiger partial charge in [-0.1, -0.05) is 6.07 Å². The van der Waals surface area contributed by atoms with Gasteiger partial charge in [0.15, 0.2) is 0 Å². The van der Waals surface area contributed by atoms with Crippen molar-refractivity contribution in [3.63, 3.8) is 0 Å². The largest absolute Gasteiger partial charge is 0.341 e. The Morgan fingerprint density at radius 2 is 2.00 bits per heavy atom. The summed E-state index contributed by atoms with van der Waals surface area (Å²) < 4.78 is 1.27. The summed E-state index contributed by atoms with van der Waals surface area (Å²) in [5.74, 6) is -0.0207. The van der Waals surface area contributed by atoms with Gasteiger partial charge < -0.3 is 4.90 Å². The van der Waals surface area contributed by atoms with Crippen molar-refractivity contribution in [2.24, 2.45) is 0 Å². The lowest BCUT2D eigenvalue weighted by Crippen LogP contribution is -2.40. The molecular weight excluding hydrogens is 286 g/mol. The smallest absolute Gasteiger partial charge is 0.267 e. The van der Waals surface area contributed by atoms with Crippen molar-refractivity contribution in [3.8, 4) is 10.6 Å². The van der Waals surface area contributed by atoms with E-state index in [2.05, 4.69) is 5.10 Å². The second-order valence-corrected chi connectivity index (χ2v) is 6.08. The number of rotatable bonds is 3. The summed E-state index contributed by atoms with van der Waals surface area (Å²) in [7, 11) is 0. The van der Waals surface area contributed by atoms with Crippen molar-refractivity contribution in [1.82, 2.24) is 14.7 Å². The highest BCUT2D eigenvalue weighted by Gasteiger charge is 2.17. The minimum absolute atomic E-state index is 0.0207. The van der Waals surface area contributed by atoms with Crippen LogP contribution in [0.25, 0.3) is 10.6 Å². The monoisotopic (exact) mass is 303 g/mol. The van der Waals surface area contributed by atoms with Crippen LogP contribution in [0.1, 0.15) is 19.3 Å². The molecule has 0 aromatic carbocycles. The summed E-state index contributed by atoms with van der Waals surface area (Å²) in [5, 5.41) is 6.28.